The number of hydrogen-bond acceptors (Lipinski definition) is 4. The van der Waals surface area contributed by atoms with Crippen molar-refractivity contribution in [2.75, 3.05) is 0 Å². The average molecular weight is 306 g/mol. The van der Waals surface area contributed by atoms with Crippen molar-refractivity contribution in [3.63, 3.8) is 0 Å². The molecule has 2 rings (SSSR count). The zero-order valence-corrected chi connectivity index (χ0v) is 9.87. The van der Waals surface area contributed by atoms with Gasteiger partial charge in [0.05, 0.1) is 6.61 Å². The summed E-state index contributed by atoms with van der Waals surface area (Å²) in [5.74, 6) is -2.55. The number of hydrogen-bond donors (Lipinski definition) is 1. The number of benzene rings is 1. The van der Waals surface area contributed by atoms with E-state index in [0.29, 0.717) is 4.47 Å². The molecule has 0 amide bonds. The van der Waals surface area contributed by atoms with Gasteiger partial charge in [0.2, 0.25) is 5.82 Å². The van der Waals surface area contributed by atoms with Crippen LogP contribution >= 0.6 is 15.9 Å². The van der Waals surface area contributed by atoms with Crippen LogP contribution in [0.3, 0.4) is 0 Å². The Morgan fingerprint density at radius 3 is 2.82 bits per heavy atom. The highest BCUT2D eigenvalue weighted by Crippen LogP contribution is 2.29. The van der Waals surface area contributed by atoms with E-state index in [-0.39, 0.29) is 24.1 Å². The Labute approximate surface area is 103 Å². The molecule has 1 N–H and O–H groups in total. The normalized spacial score (nSPS) is 10.6. The summed E-state index contributed by atoms with van der Waals surface area (Å²) >= 11 is 3.00. The van der Waals surface area contributed by atoms with Crippen LogP contribution in [0.5, 0.6) is 11.8 Å². The first-order valence-electron chi connectivity index (χ1n) is 4.48. The number of aliphatic hydroxyl groups excluding tert-OH is 1. The number of halogens is 3. The van der Waals surface area contributed by atoms with E-state index >= 15 is 0 Å². The van der Waals surface area contributed by atoms with E-state index in [1.807, 2.05) is 0 Å². The lowest BCUT2D eigenvalue weighted by Gasteiger charge is -2.03. The fraction of sp³-hybridized carbons (Fsp3) is 0.100. The van der Waals surface area contributed by atoms with Gasteiger partial charge in [0, 0.05) is 4.47 Å². The van der Waals surface area contributed by atoms with Crippen LogP contribution in [0.15, 0.2) is 27.3 Å². The Balaban J connectivity index is 2.29. The molecule has 1 aromatic heterocycles. The van der Waals surface area contributed by atoms with Crippen molar-refractivity contribution < 1.29 is 23.0 Å². The van der Waals surface area contributed by atoms with Crippen molar-refractivity contribution in [1.82, 2.24) is 4.98 Å². The SMILES string of the molecule is OCc1coc(Oc2cc(Br)cc(F)c2F)n1. The molecule has 0 atom stereocenters. The third-order valence-corrected chi connectivity index (χ3v) is 2.31. The molecular formula is C10H6BrF2NO3. The minimum atomic E-state index is -1.14. The number of aliphatic hydroxyl groups is 1. The first-order valence-corrected chi connectivity index (χ1v) is 5.27. The highest BCUT2D eigenvalue weighted by atomic mass is 79.9. The Kier molecular flexibility index (Phi) is 3.39. The van der Waals surface area contributed by atoms with Gasteiger partial charge in [0.25, 0.3) is 0 Å². The minimum absolute atomic E-state index is 0.232. The Morgan fingerprint density at radius 2 is 2.18 bits per heavy atom. The van der Waals surface area contributed by atoms with Crippen LogP contribution in [-0.2, 0) is 6.61 Å². The molecule has 0 bridgehead atoms. The maximum absolute atomic E-state index is 13.3. The van der Waals surface area contributed by atoms with Gasteiger partial charge in [-0.1, -0.05) is 15.9 Å². The summed E-state index contributed by atoms with van der Waals surface area (Å²) in [4.78, 5) is 3.68. The third-order valence-electron chi connectivity index (χ3n) is 1.85. The van der Waals surface area contributed by atoms with Crippen molar-refractivity contribution in [2.45, 2.75) is 6.61 Å². The number of nitrogens with zero attached hydrogens (tertiary/aromatic N) is 1. The average Bonchev–Trinajstić information content (AvgIpc) is 2.73. The predicted molar refractivity (Wildman–Crippen MR) is 56.6 cm³/mol. The maximum Gasteiger partial charge on any atom is 0.399 e. The van der Waals surface area contributed by atoms with E-state index < -0.39 is 11.6 Å². The van der Waals surface area contributed by atoms with Crippen molar-refractivity contribution in [1.29, 1.82) is 0 Å². The number of oxazole rings is 1. The van der Waals surface area contributed by atoms with Crippen LogP contribution in [0, 0.1) is 11.6 Å². The van der Waals surface area contributed by atoms with Gasteiger partial charge >= 0.3 is 6.08 Å². The van der Waals surface area contributed by atoms with Crippen molar-refractivity contribution in [3.05, 3.63) is 40.2 Å². The molecule has 0 aliphatic rings. The largest absolute Gasteiger partial charge is 0.417 e. The summed E-state index contributed by atoms with van der Waals surface area (Å²) in [7, 11) is 0. The smallest absolute Gasteiger partial charge is 0.399 e. The lowest BCUT2D eigenvalue weighted by molar-refractivity contribution is 0.276. The molecule has 7 heteroatoms. The quantitative estimate of drug-likeness (QED) is 0.886. The fourth-order valence-electron chi connectivity index (χ4n) is 1.11. The second-order valence-corrected chi connectivity index (χ2v) is 3.98. The molecule has 2 aromatic rings. The molecule has 90 valence electrons. The molecule has 0 saturated carbocycles. The molecule has 17 heavy (non-hydrogen) atoms. The zero-order valence-electron chi connectivity index (χ0n) is 8.28. The van der Waals surface area contributed by atoms with Crippen molar-refractivity contribution >= 4 is 15.9 Å². The monoisotopic (exact) mass is 305 g/mol. The molecule has 0 aliphatic carbocycles. The minimum Gasteiger partial charge on any atom is -0.417 e. The van der Waals surface area contributed by atoms with Crippen LogP contribution in [0.4, 0.5) is 8.78 Å². The molecule has 1 heterocycles. The highest BCUT2D eigenvalue weighted by Gasteiger charge is 2.14. The van der Waals surface area contributed by atoms with Crippen LogP contribution in [0.2, 0.25) is 0 Å². The molecule has 0 saturated heterocycles. The number of rotatable bonds is 3. The second-order valence-electron chi connectivity index (χ2n) is 3.06. The summed E-state index contributed by atoms with van der Waals surface area (Å²) in [6, 6.07) is 2.21. The molecule has 0 radical (unpaired) electrons. The fourth-order valence-corrected chi connectivity index (χ4v) is 1.52. The molecule has 0 fully saturated rings. The second kappa shape index (κ2) is 4.80. The number of aromatic nitrogens is 1. The number of ether oxygens (including phenoxy) is 1. The molecule has 0 unspecified atom stereocenters. The van der Waals surface area contributed by atoms with Gasteiger partial charge in [-0.25, -0.2) is 4.39 Å². The van der Waals surface area contributed by atoms with Gasteiger partial charge in [-0.2, -0.15) is 9.37 Å². The van der Waals surface area contributed by atoms with E-state index in [2.05, 4.69) is 20.9 Å². The Hall–Kier alpha value is -1.47. The van der Waals surface area contributed by atoms with Crippen LogP contribution in [0.1, 0.15) is 5.69 Å². The van der Waals surface area contributed by atoms with Crippen LogP contribution in [0.25, 0.3) is 0 Å². The van der Waals surface area contributed by atoms with Gasteiger partial charge in [0.1, 0.15) is 12.0 Å². The maximum atomic E-state index is 13.3. The summed E-state index contributed by atoms with van der Waals surface area (Å²) in [5.41, 5.74) is 0.232. The van der Waals surface area contributed by atoms with Gasteiger partial charge in [-0.15, -0.1) is 0 Å². The van der Waals surface area contributed by atoms with E-state index in [1.165, 1.54) is 6.07 Å². The zero-order chi connectivity index (χ0) is 12.4. The van der Waals surface area contributed by atoms with E-state index in [1.54, 1.807) is 0 Å². The van der Waals surface area contributed by atoms with Gasteiger partial charge in [-0.05, 0) is 12.1 Å². The lowest BCUT2D eigenvalue weighted by Crippen LogP contribution is -1.93. The summed E-state index contributed by atoms with van der Waals surface area (Å²) < 4.78 is 36.4. The van der Waals surface area contributed by atoms with Crippen molar-refractivity contribution in [2.24, 2.45) is 0 Å². The summed E-state index contributed by atoms with van der Waals surface area (Å²) in [6.07, 6.45) is 0.882. The standard InChI is InChI=1S/C10H6BrF2NO3/c11-5-1-7(12)9(13)8(2-5)17-10-14-6(3-15)4-16-10/h1-2,4,15H,3H2. The Bertz CT molecular complexity index is 544. The summed E-state index contributed by atoms with van der Waals surface area (Å²) in [5, 5.41) is 8.74. The molecular weight excluding hydrogens is 300 g/mol. The van der Waals surface area contributed by atoms with Crippen LogP contribution < -0.4 is 4.74 Å². The van der Waals surface area contributed by atoms with Gasteiger partial charge in [0.15, 0.2) is 11.6 Å². The van der Waals surface area contributed by atoms with Gasteiger partial charge in [-0.3, -0.25) is 0 Å². The van der Waals surface area contributed by atoms with Crippen LogP contribution in [-0.4, -0.2) is 10.1 Å². The highest BCUT2D eigenvalue weighted by molar-refractivity contribution is 9.10. The predicted octanol–water partition coefficient (Wildman–Crippen LogP) is 3.00. The van der Waals surface area contributed by atoms with E-state index in [0.717, 1.165) is 12.3 Å². The molecule has 0 aliphatic heterocycles. The van der Waals surface area contributed by atoms with Gasteiger partial charge < -0.3 is 14.3 Å². The molecule has 1 aromatic carbocycles. The van der Waals surface area contributed by atoms with E-state index in [9.17, 15) is 8.78 Å². The third kappa shape index (κ3) is 2.62. The lowest BCUT2D eigenvalue weighted by atomic mass is 10.3. The first kappa shape index (κ1) is 12.0. The van der Waals surface area contributed by atoms with Crippen molar-refractivity contribution in [3.8, 4) is 11.8 Å². The topological polar surface area (TPSA) is 55.5 Å². The molecule has 0 spiro atoms. The Morgan fingerprint density at radius 1 is 1.41 bits per heavy atom. The molecule has 4 nitrogen and oxygen atoms in total. The first-order chi connectivity index (χ1) is 8.10. The summed E-state index contributed by atoms with van der Waals surface area (Å²) in [6.45, 7) is -0.331. The van der Waals surface area contributed by atoms with E-state index in [4.69, 9.17) is 14.3 Å².